The Morgan fingerprint density at radius 1 is 1.07 bits per heavy atom. The Hall–Kier alpha value is -2.83. The molecule has 1 aliphatic rings. The lowest BCUT2D eigenvalue weighted by Gasteiger charge is -2.22. The fraction of sp³-hybridized carbons (Fsp3) is 0.450. The molecule has 7 nitrogen and oxygen atoms in total. The van der Waals surface area contributed by atoms with E-state index < -0.39 is 24.5 Å². The van der Waals surface area contributed by atoms with Crippen molar-refractivity contribution in [3.8, 4) is 0 Å². The molecule has 0 aliphatic carbocycles. The van der Waals surface area contributed by atoms with Crippen LogP contribution in [0.5, 0.6) is 0 Å². The molecule has 2 N–H and O–H groups in total. The number of rotatable bonds is 6. The van der Waals surface area contributed by atoms with Crippen LogP contribution in [0.3, 0.4) is 0 Å². The molecule has 1 fully saturated rings. The summed E-state index contributed by atoms with van der Waals surface area (Å²) in [7, 11) is 0. The number of carbonyl (C=O) groups is 3. The first-order valence-corrected chi connectivity index (χ1v) is 9.36. The number of imide groups is 1. The molecule has 1 heterocycles. The molecule has 0 saturated carbocycles. The maximum atomic E-state index is 11.7. The van der Waals surface area contributed by atoms with Gasteiger partial charge in [-0.05, 0) is 43.5 Å². The van der Waals surface area contributed by atoms with Gasteiger partial charge in [-0.3, -0.25) is 10.1 Å². The number of ether oxygens (including phenoxy) is 1. The minimum absolute atomic E-state index is 0.401. The number of esters is 1. The van der Waals surface area contributed by atoms with Crippen LogP contribution in [-0.4, -0.2) is 44.1 Å². The number of anilines is 1. The first kappa shape index (κ1) is 20.5. The summed E-state index contributed by atoms with van der Waals surface area (Å²) in [6.07, 6.45) is 7.93. The minimum atomic E-state index is -0.676. The molecular weight excluding hydrogens is 346 g/mol. The van der Waals surface area contributed by atoms with Gasteiger partial charge >= 0.3 is 12.0 Å². The molecule has 2 rings (SSSR count). The predicted octanol–water partition coefficient (Wildman–Crippen LogP) is 2.47. The van der Waals surface area contributed by atoms with Gasteiger partial charge in [0.15, 0.2) is 6.61 Å². The van der Waals surface area contributed by atoms with Gasteiger partial charge in [-0.25, -0.2) is 9.59 Å². The SMILES string of the molecule is CCNC(=O)NC(=O)COC(=O)/C=C/c1ccc(N2CCCCCC2)cc1. The van der Waals surface area contributed by atoms with Crippen LogP contribution >= 0.6 is 0 Å². The molecule has 27 heavy (non-hydrogen) atoms. The van der Waals surface area contributed by atoms with Crippen molar-refractivity contribution in [2.45, 2.75) is 32.6 Å². The molecule has 0 bridgehead atoms. The van der Waals surface area contributed by atoms with E-state index in [0.29, 0.717) is 6.54 Å². The van der Waals surface area contributed by atoms with Gasteiger partial charge in [-0.2, -0.15) is 0 Å². The van der Waals surface area contributed by atoms with E-state index in [1.54, 1.807) is 13.0 Å². The van der Waals surface area contributed by atoms with E-state index in [1.807, 2.05) is 12.1 Å². The smallest absolute Gasteiger partial charge is 0.331 e. The summed E-state index contributed by atoms with van der Waals surface area (Å²) in [6, 6.07) is 7.39. The molecule has 1 aliphatic heterocycles. The van der Waals surface area contributed by atoms with Gasteiger partial charge < -0.3 is 15.0 Å². The fourth-order valence-corrected chi connectivity index (χ4v) is 2.84. The monoisotopic (exact) mass is 373 g/mol. The molecule has 1 aromatic rings. The summed E-state index contributed by atoms with van der Waals surface area (Å²) < 4.78 is 4.81. The summed E-state index contributed by atoms with van der Waals surface area (Å²) in [5, 5.41) is 4.47. The number of amides is 3. The first-order valence-electron chi connectivity index (χ1n) is 9.36. The van der Waals surface area contributed by atoms with Crippen molar-refractivity contribution in [2.24, 2.45) is 0 Å². The van der Waals surface area contributed by atoms with E-state index >= 15 is 0 Å². The van der Waals surface area contributed by atoms with E-state index in [0.717, 1.165) is 18.7 Å². The van der Waals surface area contributed by atoms with Gasteiger partial charge in [0.25, 0.3) is 5.91 Å². The van der Waals surface area contributed by atoms with Crippen molar-refractivity contribution in [3.05, 3.63) is 35.9 Å². The molecular formula is C20H27N3O4. The topological polar surface area (TPSA) is 87.7 Å². The number of hydrogen-bond acceptors (Lipinski definition) is 5. The van der Waals surface area contributed by atoms with Crippen LogP contribution in [0.25, 0.3) is 6.08 Å². The number of nitrogens with zero attached hydrogens (tertiary/aromatic N) is 1. The van der Waals surface area contributed by atoms with Crippen LogP contribution in [-0.2, 0) is 14.3 Å². The number of benzene rings is 1. The van der Waals surface area contributed by atoms with Gasteiger partial charge in [-0.15, -0.1) is 0 Å². The van der Waals surface area contributed by atoms with Gasteiger partial charge in [0.1, 0.15) is 0 Å². The maximum Gasteiger partial charge on any atom is 0.331 e. The summed E-state index contributed by atoms with van der Waals surface area (Å²) in [4.78, 5) is 36.7. The fourth-order valence-electron chi connectivity index (χ4n) is 2.84. The number of hydrogen-bond donors (Lipinski definition) is 2. The molecule has 0 radical (unpaired) electrons. The van der Waals surface area contributed by atoms with E-state index in [4.69, 9.17) is 4.74 Å². The standard InChI is InChI=1S/C20H27N3O4/c1-2-21-20(26)22-18(24)15-27-19(25)12-9-16-7-10-17(11-8-16)23-13-5-3-4-6-14-23/h7-12H,2-6,13-15H2,1H3,(H2,21,22,24,26)/b12-9+. The van der Waals surface area contributed by atoms with Crippen LogP contribution < -0.4 is 15.5 Å². The normalized spacial score (nSPS) is 14.5. The molecule has 0 aromatic heterocycles. The van der Waals surface area contributed by atoms with E-state index in [1.165, 1.54) is 37.4 Å². The van der Waals surface area contributed by atoms with Crippen molar-refractivity contribution in [1.82, 2.24) is 10.6 Å². The molecule has 3 amide bonds. The Labute approximate surface area is 159 Å². The molecule has 7 heteroatoms. The quantitative estimate of drug-likeness (QED) is 0.591. The molecule has 1 saturated heterocycles. The number of carbonyl (C=O) groups excluding carboxylic acids is 3. The molecule has 1 aromatic carbocycles. The van der Waals surface area contributed by atoms with Crippen molar-refractivity contribution >= 4 is 29.7 Å². The predicted molar refractivity (Wildman–Crippen MR) is 104 cm³/mol. The summed E-state index contributed by atoms with van der Waals surface area (Å²) in [6.45, 7) is 3.79. The Bertz CT molecular complexity index is 662. The highest BCUT2D eigenvalue weighted by atomic mass is 16.5. The third kappa shape index (κ3) is 7.52. The maximum absolute atomic E-state index is 11.7. The van der Waals surface area contributed by atoms with E-state index in [-0.39, 0.29) is 0 Å². The van der Waals surface area contributed by atoms with Crippen LogP contribution in [0.1, 0.15) is 38.2 Å². The molecule has 0 atom stereocenters. The summed E-state index contributed by atoms with van der Waals surface area (Å²) in [5.41, 5.74) is 2.07. The zero-order chi connectivity index (χ0) is 19.5. The highest BCUT2D eigenvalue weighted by Gasteiger charge is 2.10. The van der Waals surface area contributed by atoms with Crippen molar-refractivity contribution in [1.29, 1.82) is 0 Å². The second-order valence-corrected chi connectivity index (χ2v) is 6.34. The number of nitrogens with one attached hydrogen (secondary N) is 2. The lowest BCUT2D eigenvalue weighted by Crippen LogP contribution is -2.41. The van der Waals surface area contributed by atoms with Crippen molar-refractivity contribution in [3.63, 3.8) is 0 Å². The Morgan fingerprint density at radius 2 is 1.74 bits per heavy atom. The van der Waals surface area contributed by atoms with Crippen LogP contribution in [0.4, 0.5) is 10.5 Å². The second-order valence-electron chi connectivity index (χ2n) is 6.34. The average molecular weight is 373 g/mol. The third-order valence-electron chi connectivity index (χ3n) is 4.21. The second kappa shape index (κ2) is 11.0. The Kier molecular flexibility index (Phi) is 8.35. The molecule has 0 unspecified atom stereocenters. The van der Waals surface area contributed by atoms with Crippen molar-refractivity contribution < 1.29 is 19.1 Å². The van der Waals surface area contributed by atoms with E-state index in [9.17, 15) is 14.4 Å². The summed E-state index contributed by atoms with van der Waals surface area (Å²) in [5.74, 6) is -1.32. The lowest BCUT2D eigenvalue weighted by molar-refractivity contribution is -0.143. The molecule has 146 valence electrons. The highest BCUT2D eigenvalue weighted by Crippen LogP contribution is 2.20. The largest absolute Gasteiger partial charge is 0.452 e. The van der Waals surface area contributed by atoms with Gasteiger partial charge in [0, 0.05) is 31.4 Å². The van der Waals surface area contributed by atoms with E-state index in [2.05, 4.69) is 27.7 Å². The third-order valence-corrected chi connectivity index (χ3v) is 4.21. The van der Waals surface area contributed by atoms with Crippen LogP contribution in [0, 0.1) is 0 Å². The summed E-state index contributed by atoms with van der Waals surface area (Å²) >= 11 is 0. The zero-order valence-electron chi connectivity index (χ0n) is 15.7. The Morgan fingerprint density at radius 3 is 2.37 bits per heavy atom. The minimum Gasteiger partial charge on any atom is -0.452 e. The number of urea groups is 1. The van der Waals surface area contributed by atoms with Crippen molar-refractivity contribution in [2.75, 3.05) is 31.1 Å². The van der Waals surface area contributed by atoms with Gasteiger partial charge in [0.05, 0.1) is 0 Å². The van der Waals surface area contributed by atoms with Crippen LogP contribution in [0.2, 0.25) is 0 Å². The molecule has 0 spiro atoms. The van der Waals surface area contributed by atoms with Gasteiger partial charge in [-0.1, -0.05) is 25.0 Å². The lowest BCUT2D eigenvalue weighted by atomic mass is 10.1. The zero-order valence-corrected chi connectivity index (χ0v) is 15.7. The average Bonchev–Trinajstić information content (AvgIpc) is 2.95. The van der Waals surface area contributed by atoms with Gasteiger partial charge in [0.2, 0.25) is 0 Å². The highest BCUT2D eigenvalue weighted by molar-refractivity contribution is 5.96. The Balaban J connectivity index is 1.78. The first-order chi connectivity index (χ1) is 13.1. The van der Waals surface area contributed by atoms with Crippen LogP contribution in [0.15, 0.2) is 30.3 Å².